The first-order valence-corrected chi connectivity index (χ1v) is 24.7. The lowest BCUT2D eigenvalue weighted by Gasteiger charge is -2.43. The lowest BCUT2D eigenvalue weighted by molar-refractivity contribution is -0.134. The molecule has 0 aliphatic carbocycles. The number of aromatic nitrogens is 2. The van der Waals surface area contributed by atoms with Crippen molar-refractivity contribution in [2.75, 3.05) is 75.6 Å². The Morgan fingerprint density at radius 1 is 1.06 bits per heavy atom. The summed E-state index contributed by atoms with van der Waals surface area (Å²) in [6.07, 6.45) is 4.49. The summed E-state index contributed by atoms with van der Waals surface area (Å²) in [6.45, 7) is 5.29. The second-order valence-corrected chi connectivity index (χ2v) is 20.0. The molecule has 24 heteroatoms. The largest absolute Gasteiger partial charge is 0.488 e. The van der Waals surface area contributed by atoms with Crippen LogP contribution in [-0.2, 0) is 39.8 Å². The first-order chi connectivity index (χ1) is 32.4. The van der Waals surface area contributed by atoms with Crippen molar-refractivity contribution in [2.24, 2.45) is 0 Å². The Balaban J connectivity index is 0.882. The number of nitrogens with zero attached hydrogens (tertiary/aromatic N) is 7. The standard InChI is InChI=1S/C44H49F2N9O11S2/c1-3-51(2)68(62,63)50-37-9-7-35(45)41(34(37)23-47)65-31-5-8-36-33(21-31)43(59)55(27-48-36)29-22-44(64-26-29)12-14-52(15-13-44)24-30(25-56)53-16-18-54(19-17-53)38-10-4-28(20-39(38)66-67(46,60)61)32-6-11-40(57)49-42(32)58/h4-5,7-10,20-21,25,27,29-30,32,50H,3,6,11-19,22,24,26H2,1-2H3,(H,49,57,58)/t29-,30?,32?/m1/s1. The van der Waals surface area contributed by atoms with Crippen LogP contribution in [0.15, 0.2) is 59.7 Å². The minimum atomic E-state index is -5.42. The van der Waals surface area contributed by atoms with Crippen LogP contribution in [0.1, 0.15) is 62.1 Å². The molecule has 0 saturated carbocycles. The third kappa shape index (κ3) is 10.3. The topological polar surface area (TPSA) is 243 Å². The van der Waals surface area contributed by atoms with Crippen molar-refractivity contribution < 1.29 is 53.2 Å². The number of aldehydes is 1. The van der Waals surface area contributed by atoms with Gasteiger partial charge in [-0.25, -0.2) is 9.37 Å². The van der Waals surface area contributed by atoms with Crippen LogP contribution in [0.3, 0.4) is 0 Å². The summed E-state index contributed by atoms with van der Waals surface area (Å²) >= 11 is 0. The highest BCUT2D eigenvalue weighted by Crippen LogP contribution is 2.41. The fraction of sp³-hybridized carbons (Fsp3) is 0.455. The van der Waals surface area contributed by atoms with E-state index < -0.39 is 61.7 Å². The SMILES string of the molecule is CCN(C)S(=O)(=O)Nc1ccc(F)c(Oc2ccc3ncn([C@H]4COC5(CCN(CC(C=O)N6CCN(c7ccc(C8CCC(=O)NC8=O)cc7OS(=O)(=O)F)CC6)CC5)C4)c(=O)c3c2)c1C#N. The number of imide groups is 1. The summed E-state index contributed by atoms with van der Waals surface area (Å²) < 4.78 is 99.4. The summed E-state index contributed by atoms with van der Waals surface area (Å²) in [5.74, 6) is -3.40. The lowest BCUT2D eigenvalue weighted by Crippen LogP contribution is -2.55. The zero-order chi connectivity index (χ0) is 48.5. The zero-order valence-corrected chi connectivity index (χ0v) is 38.7. The monoisotopic (exact) mass is 981 g/mol. The van der Waals surface area contributed by atoms with Gasteiger partial charge in [-0.05, 0) is 73.7 Å². The molecule has 1 spiro atoms. The van der Waals surface area contributed by atoms with Gasteiger partial charge in [-0.3, -0.25) is 33.9 Å². The first-order valence-electron chi connectivity index (χ1n) is 22.0. The number of likely N-dealkylation sites (tertiary alicyclic amines) is 1. The van der Waals surface area contributed by atoms with E-state index in [2.05, 4.69) is 19.9 Å². The molecule has 4 aliphatic heterocycles. The number of nitrogens with one attached hydrogen (secondary N) is 2. The molecule has 8 rings (SSSR count). The van der Waals surface area contributed by atoms with Crippen LogP contribution in [0, 0.1) is 17.1 Å². The average molecular weight is 982 g/mol. The molecule has 4 saturated heterocycles. The number of piperazine rings is 1. The number of halogens is 2. The number of piperidine rings is 2. The van der Waals surface area contributed by atoms with E-state index in [1.165, 1.54) is 42.2 Å². The van der Waals surface area contributed by atoms with Crippen LogP contribution in [0.2, 0.25) is 0 Å². The molecule has 4 fully saturated rings. The first kappa shape index (κ1) is 48.4. The molecule has 4 aromatic rings. The van der Waals surface area contributed by atoms with Crippen molar-refractivity contribution in [3.05, 3.63) is 82.2 Å². The normalized spacial score (nSPS) is 20.9. The average Bonchev–Trinajstić information content (AvgIpc) is 3.72. The Bertz CT molecular complexity index is 2960. The van der Waals surface area contributed by atoms with Crippen LogP contribution in [0.5, 0.6) is 17.2 Å². The van der Waals surface area contributed by atoms with Gasteiger partial charge in [-0.15, -0.1) is 0 Å². The molecule has 3 aromatic carbocycles. The summed E-state index contributed by atoms with van der Waals surface area (Å²) in [5, 5.41) is 12.4. The van der Waals surface area contributed by atoms with Gasteiger partial charge in [0.2, 0.25) is 11.8 Å². The lowest BCUT2D eigenvalue weighted by atomic mass is 9.87. The fourth-order valence-corrected chi connectivity index (χ4v) is 10.6. The summed E-state index contributed by atoms with van der Waals surface area (Å²) in [7, 11) is -8.12. The summed E-state index contributed by atoms with van der Waals surface area (Å²) in [6, 6.07) is 12.0. The smallest absolute Gasteiger partial charge is 0.453 e. The van der Waals surface area contributed by atoms with E-state index >= 15 is 4.39 Å². The molecule has 68 heavy (non-hydrogen) atoms. The van der Waals surface area contributed by atoms with Gasteiger partial charge in [0, 0.05) is 65.8 Å². The third-order valence-electron chi connectivity index (χ3n) is 13.2. The van der Waals surface area contributed by atoms with E-state index in [9.17, 15) is 45.2 Å². The molecule has 5 heterocycles. The molecule has 20 nitrogen and oxygen atoms in total. The minimum Gasteiger partial charge on any atom is -0.453 e. The number of benzene rings is 3. The van der Waals surface area contributed by atoms with Crippen LogP contribution < -0.4 is 29.4 Å². The number of nitriles is 1. The van der Waals surface area contributed by atoms with Gasteiger partial charge >= 0.3 is 20.7 Å². The zero-order valence-electron chi connectivity index (χ0n) is 37.1. The maximum absolute atomic E-state index is 15.2. The van der Waals surface area contributed by atoms with Crippen molar-refractivity contribution >= 4 is 61.1 Å². The highest BCUT2D eigenvalue weighted by atomic mass is 32.3. The third-order valence-corrected chi connectivity index (χ3v) is 15.1. The molecule has 0 bridgehead atoms. The van der Waals surface area contributed by atoms with E-state index in [1.807, 2.05) is 15.9 Å². The number of hydrogen-bond acceptors (Lipinski definition) is 16. The minimum absolute atomic E-state index is 0.0190. The van der Waals surface area contributed by atoms with Crippen molar-refractivity contribution in [1.82, 2.24) is 29.0 Å². The second kappa shape index (κ2) is 19.5. The van der Waals surface area contributed by atoms with E-state index in [0.29, 0.717) is 81.8 Å². The van der Waals surface area contributed by atoms with Crippen LogP contribution in [0.4, 0.5) is 19.7 Å². The maximum Gasteiger partial charge on any atom is 0.488 e. The summed E-state index contributed by atoms with van der Waals surface area (Å²) in [5.41, 5.74) is -0.451. The van der Waals surface area contributed by atoms with Crippen LogP contribution >= 0.6 is 0 Å². The van der Waals surface area contributed by atoms with Gasteiger partial charge in [0.1, 0.15) is 23.7 Å². The maximum atomic E-state index is 15.2. The highest BCUT2D eigenvalue weighted by molar-refractivity contribution is 7.90. The van der Waals surface area contributed by atoms with Crippen molar-refractivity contribution in [3.63, 3.8) is 0 Å². The number of anilines is 2. The van der Waals surface area contributed by atoms with Gasteiger partial charge in [0.25, 0.3) is 5.56 Å². The Labute approximate surface area is 390 Å². The summed E-state index contributed by atoms with van der Waals surface area (Å²) in [4.78, 5) is 61.2. The van der Waals surface area contributed by atoms with Gasteiger partial charge in [-0.1, -0.05) is 16.9 Å². The number of carbonyl (C=O) groups is 3. The predicted molar refractivity (Wildman–Crippen MR) is 242 cm³/mol. The van der Waals surface area contributed by atoms with Crippen LogP contribution in [0.25, 0.3) is 10.9 Å². The quantitative estimate of drug-likeness (QED) is 0.0988. The molecule has 2 amide bonds. The highest BCUT2D eigenvalue weighted by Gasteiger charge is 2.44. The number of ether oxygens (including phenoxy) is 2. The Morgan fingerprint density at radius 3 is 2.49 bits per heavy atom. The Kier molecular flexibility index (Phi) is 13.9. The second-order valence-electron chi connectivity index (χ2n) is 17.3. The molecule has 2 unspecified atom stereocenters. The van der Waals surface area contributed by atoms with Crippen molar-refractivity contribution in [1.29, 1.82) is 5.26 Å². The van der Waals surface area contributed by atoms with Gasteiger partial charge in [0.15, 0.2) is 17.3 Å². The van der Waals surface area contributed by atoms with Gasteiger partial charge < -0.3 is 28.3 Å². The number of hydrogen-bond donors (Lipinski definition) is 2. The Morgan fingerprint density at radius 2 is 1.81 bits per heavy atom. The molecule has 3 atom stereocenters. The van der Waals surface area contributed by atoms with Gasteiger partial charge in [0.05, 0.1) is 58.8 Å². The number of carbonyl (C=O) groups excluding carboxylic acids is 3. The number of fused-ring (bicyclic) bond motifs is 1. The Hall–Kier alpha value is -6.10. The van der Waals surface area contributed by atoms with E-state index in [4.69, 9.17) is 13.7 Å². The van der Waals surface area contributed by atoms with Crippen molar-refractivity contribution in [2.45, 2.75) is 62.6 Å². The molecular formula is C44H49F2N9O11S2. The molecule has 0 radical (unpaired) electrons. The molecule has 2 N–H and O–H groups in total. The molecule has 362 valence electrons. The fourth-order valence-electron chi connectivity index (χ4n) is 9.28. The van der Waals surface area contributed by atoms with Crippen LogP contribution in [-0.4, -0.2) is 136 Å². The molecule has 4 aliphatic rings. The van der Waals surface area contributed by atoms with E-state index in [0.717, 1.165) is 22.7 Å². The van der Waals surface area contributed by atoms with E-state index in [1.54, 1.807) is 19.1 Å². The van der Waals surface area contributed by atoms with E-state index in [-0.39, 0.29) is 65.7 Å². The predicted octanol–water partition coefficient (Wildman–Crippen LogP) is 3.11. The number of amides is 2. The van der Waals surface area contributed by atoms with Gasteiger partial charge in [-0.2, -0.15) is 26.4 Å². The molecular weight excluding hydrogens is 933 g/mol. The van der Waals surface area contributed by atoms with Crippen molar-refractivity contribution in [3.8, 4) is 23.3 Å². The number of rotatable bonds is 15. The molecule has 1 aromatic heterocycles.